The van der Waals surface area contributed by atoms with Gasteiger partial charge in [0.25, 0.3) is 0 Å². The molecule has 2 fully saturated rings. The molecule has 3 aromatic rings. The van der Waals surface area contributed by atoms with Crippen LogP contribution < -0.4 is 10.2 Å². The topological polar surface area (TPSA) is 58.5 Å². The van der Waals surface area contributed by atoms with Gasteiger partial charge >= 0.3 is 0 Å². The third-order valence-corrected chi connectivity index (χ3v) is 6.04. The summed E-state index contributed by atoms with van der Waals surface area (Å²) in [6.07, 6.45) is 1.43. The van der Waals surface area contributed by atoms with Gasteiger partial charge in [-0.3, -0.25) is 4.90 Å². The molecular formula is C23H26F2N6O. The minimum Gasteiger partial charge on any atom is -0.379 e. The first kappa shape index (κ1) is 20.8. The first-order valence-corrected chi connectivity index (χ1v) is 10.8. The summed E-state index contributed by atoms with van der Waals surface area (Å²) in [6.45, 7) is 8.86. The van der Waals surface area contributed by atoms with Crippen molar-refractivity contribution in [2.24, 2.45) is 0 Å². The van der Waals surface area contributed by atoms with Gasteiger partial charge in [0.05, 0.1) is 18.9 Å². The fraction of sp³-hybridized carbons (Fsp3) is 0.391. The Kier molecular flexibility index (Phi) is 5.52. The van der Waals surface area contributed by atoms with Crippen LogP contribution in [-0.4, -0.2) is 64.6 Å². The maximum atomic E-state index is 13.5. The van der Waals surface area contributed by atoms with Gasteiger partial charge in [-0.25, -0.2) is 13.5 Å². The van der Waals surface area contributed by atoms with Crippen molar-refractivity contribution in [3.8, 4) is 5.69 Å². The fourth-order valence-electron chi connectivity index (χ4n) is 4.42. The Hall–Kier alpha value is -3.04. The number of ether oxygens (including phenoxy) is 1. The van der Waals surface area contributed by atoms with Crippen molar-refractivity contribution in [1.29, 1.82) is 0 Å². The van der Waals surface area contributed by atoms with Gasteiger partial charge in [-0.15, -0.1) is 5.10 Å². The van der Waals surface area contributed by atoms with Crippen LogP contribution in [0.1, 0.15) is 12.5 Å². The highest BCUT2D eigenvalue weighted by Crippen LogP contribution is 2.30. The van der Waals surface area contributed by atoms with Crippen molar-refractivity contribution in [3.05, 3.63) is 59.9 Å². The smallest absolute Gasteiger partial charge is 0.246 e. The zero-order valence-corrected chi connectivity index (χ0v) is 18.1. The minimum atomic E-state index is -0.660. The molecule has 3 heterocycles. The van der Waals surface area contributed by atoms with Crippen molar-refractivity contribution in [2.75, 3.05) is 43.1 Å². The molecule has 2 aromatic carbocycles. The van der Waals surface area contributed by atoms with E-state index in [-0.39, 0.29) is 5.69 Å². The second-order valence-corrected chi connectivity index (χ2v) is 8.54. The van der Waals surface area contributed by atoms with E-state index in [1.165, 1.54) is 23.1 Å². The van der Waals surface area contributed by atoms with Gasteiger partial charge in [-0.1, -0.05) is 0 Å². The summed E-state index contributed by atoms with van der Waals surface area (Å²) in [6, 6.07) is 10.5. The van der Waals surface area contributed by atoms with E-state index >= 15 is 0 Å². The molecule has 1 aromatic heterocycles. The van der Waals surface area contributed by atoms with Crippen molar-refractivity contribution in [2.45, 2.75) is 25.9 Å². The quantitative estimate of drug-likeness (QED) is 0.655. The molecule has 7 nitrogen and oxygen atoms in total. The molecule has 5 rings (SSSR count). The normalized spacial score (nSPS) is 19.8. The number of hydrogen-bond donors (Lipinski definition) is 1. The number of halogens is 2. The lowest BCUT2D eigenvalue weighted by atomic mass is 10.0. The predicted octanol–water partition coefficient (Wildman–Crippen LogP) is 3.51. The van der Waals surface area contributed by atoms with Crippen molar-refractivity contribution in [1.82, 2.24) is 19.7 Å². The predicted molar refractivity (Wildman–Crippen MR) is 119 cm³/mol. The Morgan fingerprint density at radius 3 is 2.56 bits per heavy atom. The maximum Gasteiger partial charge on any atom is 0.246 e. The van der Waals surface area contributed by atoms with Crippen LogP contribution in [0.2, 0.25) is 0 Å². The second kappa shape index (κ2) is 8.48. The van der Waals surface area contributed by atoms with Crippen LogP contribution in [0.3, 0.4) is 0 Å². The third kappa shape index (κ3) is 4.31. The maximum absolute atomic E-state index is 13.5. The number of aromatic nitrogens is 3. The van der Waals surface area contributed by atoms with Crippen LogP contribution in [0.15, 0.2) is 42.7 Å². The van der Waals surface area contributed by atoms with E-state index in [2.05, 4.69) is 51.2 Å². The number of hydrogen-bond acceptors (Lipinski definition) is 6. The lowest BCUT2D eigenvalue weighted by molar-refractivity contribution is -0.0274. The van der Waals surface area contributed by atoms with E-state index in [9.17, 15) is 8.78 Å². The number of nitrogens with one attached hydrogen (secondary N) is 1. The molecule has 1 N–H and O–H groups in total. The Morgan fingerprint density at radius 2 is 1.81 bits per heavy atom. The minimum absolute atomic E-state index is 0.275. The molecule has 0 spiro atoms. The summed E-state index contributed by atoms with van der Waals surface area (Å²) < 4.78 is 33.9. The zero-order chi connectivity index (χ0) is 22.2. The largest absolute Gasteiger partial charge is 0.379 e. The van der Waals surface area contributed by atoms with Crippen LogP contribution in [0, 0.1) is 18.6 Å². The van der Waals surface area contributed by atoms with Gasteiger partial charge in [-0.2, -0.15) is 4.98 Å². The number of benzene rings is 2. The molecule has 2 saturated heterocycles. The van der Waals surface area contributed by atoms with E-state index in [4.69, 9.17) is 4.74 Å². The van der Waals surface area contributed by atoms with Crippen LogP contribution in [-0.2, 0) is 4.74 Å². The van der Waals surface area contributed by atoms with E-state index in [1.54, 1.807) is 0 Å². The Balaban J connectivity index is 1.27. The molecule has 168 valence electrons. The van der Waals surface area contributed by atoms with E-state index in [1.807, 2.05) is 6.07 Å². The van der Waals surface area contributed by atoms with Crippen LogP contribution in [0.5, 0.6) is 0 Å². The zero-order valence-electron chi connectivity index (χ0n) is 18.1. The van der Waals surface area contributed by atoms with E-state index in [0.29, 0.717) is 18.0 Å². The Bertz CT molecular complexity index is 1090. The van der Waals surface area contributed by atoms with Gasteiger partial charge in [0.1, 0.15) is 18.0 Å². The number of aryl methyl sites for hydroxylation is 1. The molecule has 9 heteroatoms. The molecule has 2 aliphatic rings. The van der Waals surface area contributed by atoms with Crippen molar-refractivity contribution < 1.29 is 13.5 Å². The SMILES string of the molecule is Cc1cc(Nc2ncn(-c3cc(F)cc(F)c3)n2)cc(N2CC(N3CCOCC3C)C2)c1. The van der Waals surface area contributed by atoms with Crippen molar-refractivity contribution in [3.63, 3.8) is 0 Å². The molecule has 1 unspecified atom stereocenters. The molecule has 0 radical (unpaired) electrons. The summed E-state index contributed by atoms with van der Waals surface area (Å²) >= 11 is 0. The summed E-state index contributed by atoms with van der Waals surface area (Å²) in [5.41, 5.74) is 3.42. The average molecular weight is 440 g/mol. The van der Waals surface area contributed by atoms with Gasteiger partial charge in [0.2, 0.25) is 5.95 Å². The summed E-state index contributed by atoms with van der Waals surface area (Å²) in [5, 5.41) is 7.51. The highest BCUT2D eigenvalue weighted by molar-refractivity contribution is 5.65. The Morgan fingerprint density at radius 1 is 1.03 bits per heavy atom. The van der Waals surface area contributed by atoms with Crippen LogP contribution >= 0.6 is 0 Å². The van der Waals surface area contributed by atoms with Crippen molar-refractivity contribution >= 4 is 17.3 Å². The Labute approximate surface area is 185 Å². The molecule has 0 bridgehead atoms. The van der Waals surface area contributed by atoms with Gasteiger partial charge in [0.15, 0.2) is 0 Å². The molecular weight excluding hydrogens is 414 g/mol. The number of nitrogens with zero attached hydrogens (tertiary/aromatic N) is 5. The molecule has 0 amide bonds. The number of anilines is 3. The van der Waals surface area contributed by atoms with Crippen LogP contribution in [0.25, 0.3) is 5.69 Å². The lowest BCUT2D eigenvalue weighted by Gasteiger charge is -2.50. The molecule has 1 atom stereocenters. The van der Waals surface area contributed by atoms with E-state index < -0.39 is 11.6 Å². The van der Waals surface area contributed by atoms with Gasteiger partial charge in [0, 0.05) is 49.2 Å². The van der Waals surface area contributed by atoms with Gasteiger partial charge in [-0.05, 0) is 49.7 Å². The third-order valence-electron chi connectivity index (χ3n) is 6.04. The highest BCUT2D eigenvalue weighted by Gasteiger charge is 2.35. The first-order valence-electron chi connectivity index (χ1n) is 10.8. The summed E-state index contributed by atoms with van der Waals surface area (Å²) in [7, 11) is 0. The fourth-order valence-corrected chi connectivity index (χ4v) is 4.42. The monoisotopic (exact) mass is 440 g/mol. The van der Waals surface area contributed by atoms with E-state index in [0.717, 1.165) is 55.9 Å². The lowest BCUT2D eigenvalue weighted by Crippen LogP contribution is -2.63. The highest BCUT2D eigenvalue weighted by atomic mass is 19.1. The molecule has 0 aliphatic carbocycles. The molecule has 32 heavy (non-hydrogen) atoms. The average Bonchev–Trinajstić information content (AvgIpc) is 3.16. The first-order chi connectivity index (χ1) is 15.4. The van der Waals surface area contributed by atoms with Gasteiger partial charge < -0.3 is 15.0 Å². The standard InChI is InChI=1S/C23H26F2N6O/c1-15-5-19(27-23-26-14-31(28-23)21-8-17(24)7-18(25)9-21)10-20(6-15)29-11-22(12-29)30-3-4-32-13-16(30)2/h5-10,14,16,22H,3-4,11-13H2,1-2H3,(H,27,28). The molecule has 2 aliphatic heterocycles. The summed E-state index contributed by atoms with van der Waals surface area (Å²) in [5.74, 6) is -0.963. The number of morpholine rings is 1. The molecule has 0 saturated carbocycles. The summed E-state index contributed by atoms with van der Waals surface area (Å²) in [4.78, 5) is 9.14. The van der Waals surface area contributed by atoms with Crippen LogP contribution in [0.4, 0.5) is 26.1 Å². The number of rotatable bonds is 5. The second-order valence-electron chi connectivity index (χ2n) is 8.54.